The van der Waals surface area contributed by atoms with Crippen LogP contribution in [0.2, 0.25) is 0 Å². The molecule has 0 aromatic heterocycles. The third-order valence-corrected chi connectivity index (χ3v) is 4.55. The third kappa shape index (κ3) is 2.94. The molecular weight excluding hydrogens is 255 g/mol. The number of carbonyl (C=O) groups is 1. The highest BCUT2D eigenvalue weighted by Crippen LogP contribution is 2.30. The van der Waals surface area contributed by atoms with E-state index in [9.17, 15) is 9.18 Å². The van der Waals surface area contributed by atoms with E-state index in [1.165, 1.54) is 18.6 Å². The highest BCUT2D eigenvalue weighted by atomic mass is 19.1. The van der Waals surface area contributed by atoms with Crippen molar-refractivity contribution >= 4 is 11.6 Å². The Morgan fingerprint density at radius 2 is 2.00 bits per heavy atom. The molecule has 1 aliphatic carbocycles. The maximum atomic E-state index is 13.4. The summed E-state index contributed by atoms with van der Waals surface area (Å²) in [6, 6.07) is 4.64. The van der Waals surface area contributed by atoms with E-state index in [0.717, 1.165) is 31.6 Å². The molecule has 0 unspecified atom stereocenters. The molecule has 1 aromatic carbocycles. The monoisotopic (exact) mass is 278 g/mol. The topological polar surface area (TPSA) is 46.3 Å². The molecular formula is C16H23FN2O. The van der Waals surface area contributed by atoms with Gasteiger partial charge in [-0.15, -0.1) is 0 Å². The molecule has 20 heavy (non-hydrogen) atoms. The van der Waals surface area contributed by atoms with Gasteiger partial charge in [0.25, 0.3) is 5.91 Å². The van der Waals surface area contributed by atoms with Gasteiger partial charge in [-0.2, -0.15) is 0 Å². The van der Waals surface area contributed by atoms with Crippen LogP contribution in [0.25, 0.3) is 0 Å². The summed E-state index contributed by atoms with van der Waals surface area (Å²) in [4.78, 5) is 14.2. The molecule has 1 fully saturated rings. The summed E-state index contributed by atoms with van der Waals surface area (Å²) in [5.41, 5.74) is 5.89. The van der Waals surface area contributed by atoms with Crippen molar-refractivity contribution in [1.29, 1.82) is 0 Å². The fourth-order valence-electron chi connectivity index (χ4n) is 3.02. The van der Waals surface area contributed by atoms with Crippen molar-refractivity contribution in [2.45, 2.75) is 45.1 Å². The summed E-state index contributed by atoms with van der Waals surface area (Å²) in [5, 5.41) is 0. The zero-order valence-electron chi connectivity index (χ0n) is 12.2. The first-order valence-corrected chi connectivity index (χ1v) is 7.35. The summed E-state index contributed by atoms with van der Waals surface area (Å²) >= 11 is 0. The molecule has 0 spiro atoms. The number of nitrogen functional groups attached to an aromatic ring is 1. The Bertz CT molecular complexity index is 481. The van der Waals surface area contributed by atoms with Crippen LogP contribution in [0.15, 0.2) is 18.2 Å². The van der Waals surface area contributed by atoms with Crippen LogP contribution < -0.4 is 5.73 Å². The van der Waals surface area contributed by atoms with Crippen LogP contribution in [0.3, 0.4) is 0 Å². The first-order chi connectivity index (χ1) is 9.54. The third-order valence-electron chi connectivity index (χ3n) is 4.55. The number of hydrogen-bond acceptors (Lipinski definition) is 2. The van der Waals surface area contributed by atoms with E-state index < -0.39 is 5.82 Å². The van der Waals surface area contributed by atoms with Gasteiger partial charge in [0.15, 0.2) is 0 Å². The summed E-state index contributed by atoms with van der Waals surface area (Å²) in [7, 11) is 1.80. The second-order valence-electron chi connectivity index (χ2n) is 5.70. The Morgan fingerprint density at radius 1 is 1.35 bits per heavy atom. The molecule has 0 bridgehead atoms. The van der Waals surface area contributed by atoms with E-state index in [1.54, 1.807) is 18.0 Å². The molecule has 1 aromatic rings. The molecule has 0 saturated heterocycles. The molecule has 0 heterocycles. The van der Waals surface area contributed by atoms with Crippen LogP contribution in [0.4, 0.5) is 10.1 Å². The van der Waals surface area contributed by atoms with Gasteiger partial charge in [-0.25, -0.2) is 4.39 Å². The predicted molar refractivity (Wildman–Crippen MR) is 78.9 cm³/mol. The predicted octanol–water partition coefficient (Wildman–Crippen LogP) is 3.45. The number of nitrogens with two attached hydrogens (primary N) is 1. The van der Waals surface area contributed by atoms with Crippen molar-refractivity contribution in [3.05, 3.63) is 29.6 Å². The molecule has 110 valence electrons. The smallest absolute Gasteiger partial charge is 0.256 e. The molecule has 0 radical (unpaired) electrons. The van der Waals surface area contributed by atoms with Crippen LogP contribution in [-0.4, -0.2) is 23.9 Å². The molecule has 2 N–H and O–H groups in total. The summed E-state index contributed by atoms with van der Waals surface area (Å²) in [6.07, 6.45) is 5.59. The average molecular weight is 278 g/mol. The SMILES string of the molecule is CCC1CCC(N(C)C(=O)c2cccc(F)c2N)CC1. The van der Waals surface area contributed by atoms with Gasteiger partial charge in [-0.3, -0.25) is 4.79 Å². The number of hydrogen-bond donors (Lipinski definition) is 1. The minimum atomic E-state index is -0.529. The Hall–Kier alpha value is -1.58. The van der Waals surface area contributed by atoms with Crippen molar-refractivity contribution < 1.29 is 9.18 Å². The lowest BCUT2D eigenvalue weighted by molar-refractivity contribution is 0.0675. The van der Waals surface area contributed by atoms with E-state index in [2.05, 4.69) is 6.92 Å². The second-order valence-corrected chi connectivity index (χ2v) is 5.70. The number of halogens is 1. The fourth-order valence-corrected chi connectivity index (χ4v) is 3.02. The zero-order valence-corrected chi connectivity index (χ0v) is 12.2. The quantitative estimate of drug-likeness (QED) is 0.861. The zero-order chi connectivity index (χ0) is 14.7. The average Bonchev–Trinajstić information content (AvgIpc) is 2.48. The summed E-state index contributed by atoms with van der Waals surface area (Å²) in [6.45, 7) is 2.22. The van der Waals surface area contributed by atoms with Gasteiger partial charge in [0.05, 0.1) is 11.3 Å². The highest BCUT2D eigenvalue weighted by molar-refractivity contribution is 5.99. The van der Waals surface area contributed by atoms with E-state index in [0.29, 0.717) is 0 Å². The minimum Gasteiger partial charge on any atom is -0.396 e. The van der Waals surface area contributed by atoms with Gasteiger partial charge >= 0.3 is 0 Å². The van der Waals surface area contributed by atoms with E-state index in [-0.39, 0.29) is 23.2 Å². The molecule has 3 nitrogen and oxygen atoms in total. The van der Waals surface area contributed by atoms with Gasteiger partial charge in [0.2, 0.25) is 0 Å². The molecule has 1 amide bonds. The van der Waals surface area contributed by atoms with Crippen molar-refractivity contribution in [3.8, 4) is 0 Å². The van der Waals surface area contributed by atoms with Crippen LogP contribution in [-0.2, 0) is 0 Å². The number of anilines is 1. The molecule has 2 rings (SSSR count). The lowest BCUT2D eigenvalue weighted by atomic mass is 9.84. The van der Waals surface area contributed by atoms with Crippen molar-refractivity contribution in [2.75, 3.05) is 12.8 Å². The van der Waals surface area contributed by atoms with Gasteiger partial charge in [-0.05, 0) is 43.7 Å². The minimum absolute atomic E-state index is 0.0494. The number of amides is 1. The molecule has 4 heteroatoms. The highest BCUT2D eigenvalue weighted by Gasteiger charge is 2.27. The summed E-state index contributed by atoms with van der Waals surface area (Å²) < 4.78 is 13.4. The van der Waals surface area contributed by atoms with Gasteiger partial charge < -0.3 is 10.6 Å². The standard InChI is InChI=1S/C16H23FN2O/c1-3-11-7-9-12(10-8-11)19(2)16(20)13-5-4-6-14(17)15(13)18/h4-6,11-12H,3,7-10,18H2,1-2H3. The molecule has 1 aliphatic rings. The normalized spacial score (nSPS) is 22.6. The van der Waals surface area contributed by atoms with E-state index in [4.69, 9.17) is 5.73 Å². The van der Waals surface area contributed by atoms with Crippen molar-refractivity contribution in [1.82, 2.24) is 4.90 Å². The molecule has 1 saturated carbocycles. The number of carbonyl (C=O) groups excluding carboxylic acids is 1. The maximum absolute atomic E-state index is 13.4. The molecule has 0 atom stereocenters. The largest absolute Gasteiger partial charge is 0.396 e. The van der Waals surface area contributed by atoms with Crippen molar-refractivity contribution in [2.24, 2.45) is 5.92 Å². The first-order valence-electron chi connectivity index (χ1n) is 7.35. The first kappa shape index (κ1) is 14.8. The maximum Gasteiger partial charge on any atom is 0.256 e. The van der Waals surface area contributed by atoms with Crippen LogP contribution in [0, 0.1) is 11.7 Å². The van der Waals surface area contributed by atoms with Gasteiger partial charge in [0, 0.05) is 13.1 Å². The second kappa shape index (κ2) is 6.25. The Labute approximate surface area is 120 Å². The number of para-hydroxylation sites is 1. The lowest BCUT2D eigenvalue weighted by Gasteiger charge is -2.34. The fraction of sp³-hybridized carbons (Fsp3) is 0.562. The van der Waals surface area contributed by atoms with Gasteiger partial charge in [-0.1, -0.05) is 19.4 Å². The van der Waals surface area contributed by atoms with Crippen LogP contribution in [0.1, 0.15) is 49.4 Å². The number of nitrogens with zero attached hydrogens (tertiary/aromatic N) is 1. The van der Waals surface area contributed by atoms with Crippen molar-refractivity contribution in [3.63, 3.8) is 0 Å². The number of rotatable bonds is 3. The Balaban J connectivity index is 2.07. The summed E-state index contributed by atoms with van der Waals surface area (Å²) in [5.74, 6) is 0.0786. The Morgan fingerprint density at radius 3 is 2.60 bits per heavy atom. The van der Waals surface area contributed by atoms with E-state index in [1.807, 2.05) is 0 Å². The lowest BCUT2D eigenvalue weighted by Crippen LogP contribution is -2.39. The van der Waals surface area contributed by atoms with Crippen LogP contribution in [0.5, 0.6) is 0 Å². The van der Waals surface area contributed by atoms with Gasteiger partial charge in [0.1, 0.15) is 5.82 Å². The Kier molecular flexibility index (Phi) is 4.63. The van der Waals surface area contributed by atoms with E-state index >= 15 is 0 Å². The number of benzene rings is 1. The van der Waals surface area contributed by atoms with Crippen LogP contribution >= 0.6 is 0 Å². The molecule has 0 aliphatic heterocycles.